The minimum absolute atomic E-state index is 0.191. The second-order valence-electron chi connectivity index (χ2n) is 3.68. The molecular weight excluding hydrogens is 252 g/mol. The summed E-state index contributed by atoms with van der Waals surface area (Å²) in [6.07, 6.45) is 2.59. The zero-order valence-corrected chi connectivity index (χ0v) is 10.9. The Labute approximate surface area is 112 Å². The van der Waals surface area contributed by atoms with Gasteiger partial charge in [0.2, 0.25) is 0 Å². The predicted octanol–water partition coefficient (Wildman–Crippen LogP) is 2.24. The molecule has 0 aliphatic carbocycles. The number of hydrogen-bond donors (Lipinski definition) is 2. The maximum absolute atomic E-state index is 11.7. The minimum Gasteiger partial charge on any atom is -0.398 e. The van der Waals surface area contributed by atoms with Crippen molar-refractivity contribution in [2.75, 3.05) is 25.5 Å². The van der Waals surface area contributed by atoms with Gasteiger partial charge in [0.25, 0.3) is 5.91 Å². The quantitative estimate of drug-likeness (QED) is 0.453. The van der Waals surface area contributed by atoms with Gasteiger partial charge in [-0.1, -0.05) is 17.7 Å². The highest BCUT2D eigenvalue weighted by molar-refractivity contribution is 6.33. The Balaban J connectivity index is 2.32. The van der Waals surface area contributed by atoms with Crippen molar-refractivity contribution in [1.29, 1.82) is 0 Å². The van der Waals surface area contributed by atoms with Gasteiger partial charge in [-0.2, -0.15) is 0 Å². The third-order valence-corrected chi connectivity index (χ3v) is 2.59. The molecule has 0 radical (unpaired) electrons. The normalized spacial score (nSPS) is 10.1. The van der Waals surface area contributed by atoms with E-state index in [1.54, 1.807) is 24.3 Å². The minimum atomic E-state index is -0.191. The van der Waals surface area contributed by atoms with Crippen LogP contribution in [0, 0.1) is 0 Å². The van der Waals surface area contributed by atoms with Crippen LogP contribution in [0.4, 0.5) is 5.69 Å². The Morgan fingerprint density at radius 2 is 2.28 bits per heavy atom. The van der Waals surface area contributed by atoms with Crippen molar-refractivity contribution in [1.82, 2.24) is 5.32 Å². The van der Waals surface area contributed by atoms with E-state index in [-0.39, 0.29) is 5.91 Å². The summed E-state index contributed by atoms with van der Waals surface area (Å²) in [7, 11) is 0. The van der Waals surface area contributed by atoms with Gasteiger partial charge in [-0.05, 0) is 24.6 Å². The highest BCUT2D eigenvalue weighted by Crippen LogP contribution is 2.19. The molecule has 18 heavy (non-hydrogen) atoms. The summed E-state index contributed by atoms with van der Waals surface area (Å²) in [5.74, 6) is -0.191. The summed E-state index contributed by atoms with van der Waals surface area (Å²) in [4.78, 5) is 11.7. The summed E-state index contributed by atoms with van der Waals surface area (Å²) in [6.45, 7) is 5.14. The molecule has 0 heterocycles. The molecule has 0 saturated carbocycles. The summed E-state index contributed by atoms with van der Waals surface area (Å²) in [5, 5.41) is 3.11. The lowest BCUT2D eigenvalue weighted by molar-refractivity contribution is 0.0918. The van der Waals surface area contributed by atoms with Crippen LogP contribution in [0.15, 0.2) is 30.9 Å². The largest absolute Gasteiger partial charge is 0.398 e. The maximum atomic E-state index is 11.7. The molecule has 3 N–H and O–H groups in total. The molecule has 98 valence electrons. The number of nitrogens with one attached hydrogen (secondary N) is 1. The molecule has 1 rings (SSSR count). The zero-order valence-electron chi connectivity index (χ0n) is 10.1. The number of ether oxygens (including phenoxy) is 1. The van der Waals surface area contributed by atoms with Crippen molar-refractivity contribution < 1.29 is 9.53 Å². The first-order chi connectivity index (χ1) is 8.65. The first kappa shape index (κ1) is 14.5. The molecule has 0 fully saturated rings. The number of rotatable bonds is 7. The number of hydrogen-bond acceptors (Lipinski definition) is 3. The number of benzene rings is 1. The van der Waals surface area contributed by atoms with E-state index >= 15 is 0 Å². The first-order valence-corrected chi connectivity index (χ1v) is 6.05. The van der Waals surface area contributed by atoms with Crippen molar-refractivity contribution in [3.63, 3.8) is 0 Å². The molecule has 1 aromatic rings. The lowest BCUT2D eigenvalue weighted by atomic mass is 10.2. The van der Waals surface area contributed by atoms with Crippen LogP contribution in [0.3, 0.4) is 0 Å². The number of nitrogen functional groups attached to an aromatic ring is 1. The maximum Gasteiger partial charge on any atom is 0.251 e. The fourth-order valence-electron chi connectivity index (χ4n) is 1.28. The lowest BCUT2D eigenvalue weighted by Crippen LogP contribution is -2.27. The smallest absolute Gasteiger partial charge is 0.251 e. The molecule has 4 nitrogen and oxygen atoms in total. The Kier molecular flexibility index (Phi) is 6.25. The van der Waals surface area contributed by atoms with Crippen LogP contribution in [0.25, 0.3) is 0 Å². The summed E-state index contributed by atoms with van der Waals surface area (Å²) in [5.41, 5.74) is 6.51. The standard InChI is InChI=1S/C13H17ClN2O2/c1-2-3-7-18-8-6-16-13(17)10-4-5-12(15)11(14)9-10/h2,4-5,9H,1,3,6-8,15H2,(H,16,17). The van der Waals surface area contributed by atoms with Crippen LogP contribution in [0.2, 0.25) is 5.02 Å². The van der Waals surface area contributed by atoms with Gasteiger partial charge < -0.3 is 15.8 Å². The van der Waals surface area contributed by atoms with Gasteiger partial charge in [0, 0.05) is 12.1 Å². The van der Waals surface area contributed by atoms with Gasteiger partial charge in [-0.3, -0.25) is 4.79 Å². The summed E-state index contributed by atoms with van der Waals surface area (Å²) in [6, 6.07) is 4.79. The number of anilines is 1. The number of carbonyl (C=O) groups excluding carboxylic acids is 1. The molecule has 1 amide bonds. The Bertz CT molecular complexity index is 421. The molecule has 5 heteroatoms. The topological polar surface area (TPSA) is 64.3 Å². The number of amides is 1. The van der Waals surface area contributed by atoms with Gasteiger partial charge in [-0.15, -0.1) is 6.58 Å². The van der Waals surface area contributed by atoms with E-state index in [4.69, 9.17) is 22.1 Å². The van der Waals surface area contributed by atoms with E-state index in [0.717, 1.165) is 6.42 Å². The summed E-state index contributed by atoms with van der Waals surface area (Å²) < 4.78 is 5.27. The van der Waals surface area contributed by atoms with E-state index in [9.17, 15) is 4.79 Å². The highest BCUT2D eigenvalue weighted by atomic mass is 35.5. The molecule has 0 atom stereocenters. The van der Waals surface area contributed by atoms with Crippen LogP contribution < -0.4 is 11.1 Å². The lowest BCUT2D eigenvalue weighted by Gasteiger charge is -2.07. The number of nitrogens with two attached hydrogens (primary N) is 1. The van der Waals surface area contributed by atoms with E-state index in [1.807, 2.05) is 0 Å². The monoisotopic (exact) mass is 268 g/mol. The van der Waals surface area contributed by atoms with Gasteiger partial charge >= 0.3 is 0 Å². The molecule has 0 spiro atoms. The number of carbonyl (C=O) groups is 1. The van der Waals surface area contributed by atoms with Crippen LogP contribution in [-0.2, 0) is 4.74 Å². The van der Waals surface area contributed by atoms with Gasteiger partial charge in [0.15, 0.2) is 0 Å². The van der Waals surface area contributed by atoms with Gasteiger partial charge in [0.05, 0.1) is 23.9 Å². The predicted molar refractivity (Wildman–Crippen MR) is 73.8 cm³/mol. The second-order valence-corrected chi connectivity index (χ2v) is 4.09. The van der Waals surface area contributed by atoms with E-state index in [2.05, 4.69) is 11.9 Å². The molecule has 0 saturated heterocycles. The molecular formula is C13H17ClN2O2. The molecule has 1 aromatic carbocycles. The van der Waals surface area contributed by atoms with E-state index in [1.165, 1.54) is 0 Å². The summed E-state index contributed by atoms with van der Waals surface area (Å²) >= 11 is 5.84. The van der Waals surface area contributed by atoms with Crippen LogP contribution >= 0.6 is 11.6 Å². The molecule has 0 aliphatic heterocycles. The van der Waals surface area contributed by atoms with E-state index in [0.29, 0.717) is 36.0 Å². The molecule has 0 aromatic heterocycles. The van der Waals surface area contributed by atoms with Crippen LogP contribution in [0.5, 0.6) is 0 Å². The highest BCUT2D eigenvalue weighted by Gasteiger charge is 2.06. The molecule has 0 bridgehead atoms. The van der Waals surface area contributed by atoms with Crippen molar-refractivity contribution in [2.24, 2.45) is 0 Å². The average molecular weight is 269 g/mol. The van der Waals surface area contributed by atoms with Crippen molar-refractivity contribution >= 4 is 23.2 Å². The van der Waals surface area contributed by atoms with Crippen LogP contribution in [-0.4, -0.2) is 25.7 Å². The number of halogens is 1. The SMILES string of the molecule is C=CCCOCCNC(=O)c1ccc(N)c(Cl)c1. The van der Waals surface area contributed by atoms with Crippen molar-refractivity contribution in [3.05, 3.63) is 41.4 Å². The fourth-order valence-corrected chi connectivity index (χ4v) is 1.46. The van der Waals surface area contributed by atoms with Crippen molar-refractivity contribution in [2.45, 2.75) is 6.42 Å². The fraction of sp³-hybridized carbons (Fsp3) is 0.308. The second kappa shape index (κ2) is 7.74. The molecule has 0 aliphatic rings. The zero-order chi connectivity index (χ0) is 13.4. The third kappa shape index (κ3) is 4.77. The van der Waals surface area contributed by atoms with Crippen LogP contribution in [0.1, 0.15) is 16.8 Å². The van der Waals surface area contributed by atoms with Gasteiger partial charge in [0.1, 0.15) is 0 Å². The van der Waals surface area contributed by atoms with Crippen molar-refractivity contribution in [3.8, 4) is 0 Å². The Morgan fingerprint density at radius 3 is 2.94 bits per heavy atom. The Morgan fingerprint density at radius 1 is 1.50 bits per heavy atom. The Hall–Kier alpha value is -1.52. The van der Waals surface area contributed by atoms with Gasteiger partial charge in [-0.25, -0.2) is 0 Å². The molecule has 0 unspecified atom stereocenters. The third-order valence-electron chi connectivity index (χ3n) is 2.26. The van der Waals surface area contributed by atoms with E-state index < -0.39 is 0 Å². The first-order valence-electron chi connectivity index (χ1n) is 5.67. The average Bonchev–Trinajstić information content (AvgIpc) is 2.36.